The first kappa shape index (κ1) is 9.33. The molecule has 3 heterocycles. The minimum absolute atomic E-state index is 0.0181. The Morgan fingerprint density at radius 3 is 2.94 bits per heavy atom. The number of hydrogen-bond donors (Lipinski definition) is 1. The van der Waals surface area contributed by atoms with Gasteiger partial charge in [-0.2, -0.15) is 0 Å². The molecule has 0 radical (unpaired) electrons. The summed E-state index contributed by atoms with van der Waals surface area (Å²) in [6, 6.07) is 3.70. The average molecular weight is 216 g/mol. The van der Waals surface area contributed by atoms with Gasteiger partial charge in [-0.05, 0) is 25.0 Å². The second-order valence-corrected chi connectivity index (χ2v) is 3.96. The lowest BCUT2D eigenvalue weighted by atomic mass is 10.4. The number of aromatic amines is 1. The average Bonchev–Trinajstić information content (AvgIpc) is 2.97. The van der Waals surface area contributed by atoms with E-state index in [9.17, 15) is 4.79 Å². The number of amides is 1. The summed E-state index contributed by atoms with van der Waals surface area (Å²) in [6.45, 7) is 1.67. The van der Waals surface area contributed by atoms with Crippen molar-refractivity contribution in [2.24, 2.45) is 0 Å². The Morgan fingerprint density at radius 1 is 1.38 bits per heavy atom. The van der Waals surface area contributed by atoms with Gasteiger partial charge in [0.2, 0.25) is 0 Å². The summed E-state index contributed by atoms with van der Waals surface area (Å²) in [4.78, 5) is 25.2. The molecule has 1 saturated heterocycles. The lowest BCUT2D eigenvalue weighted by Crippen LogP contribution is -2.28. The molecule has 1 fully saturated rings. The molecule has 0 aliphatic carbocycles. The maximum absolute atomic E-state index is 12.0. The van der Waals surface area contributed by atoms with E-state index in [0.29, 0.717) is 11.5 Å². The van der Waals surface area contributed by atoms with Crippen molar-refractivity contribution in [2.45, 2.75) is 12.8 Å². The maximum Gasteiger partial charge on any atom is 0.289 e. The van der Waals surface area contributed by atoms with Gasteiger partial charge in [0, 0.05) is 19.3 Å². The van der Waals surface area contributed by atoms with Crippen molar-refractivity contribution in [3.63, 3.8) is 0 Å². The van der Waals surface area contributed by atoms with Crippen LogP contribution in [-0.4, -0.2) is 38.8 Å². The van der Waals surface area contributed by atoms with E-state index in [1.165, 1.54) is 0 Å². The van der Waals surface area contributed by atoms with Gasteiger partial charge in [-0.25, -0.2) is 9.97 Å². The molecule has 5 heteroatoms. The fourth-order valence-electron chi connectivity index (χ4n) is 2.02. The van der Waals surface area contributed by atoms with Crippen LogP contribution in [0.4, 0.5) is 0 Å². The number of imidazole rings is 1. The van der Waals surface area contributed by atoms with Gasteiger partial charge in [-0.3, -0.25) is 4.79 Å². The van der Waals surface area contributed by atoms with E-state index in [4.69, 9.17) is 0 Å². The van der Waals surface area contributed by atoms with Crippen LogP contribution in [0.3, 0.4) is 0 Å². The van der Waals surface area contributed by atoms with Gasteiger partial charge in [0.05, 0.1) is 5.52 Å². The predicted octanol–water partition coefficient (Wildman–Crippen LogP) is 1.19. The lowest BCUT2D eigenvalue weighted by Gasteiger charge is -2.12. The molecule has 1 N–H and O–H groups in total. The molecular weight excluding hydrogens is 204 g/mol. The highest BCUT2D eigenvalue weighted by atomic mass is 16.2. The summed E-state index contributed by atoms with van der Waals surface area (Å²) in [7, 11) is 0. The molecule has 5 nitrogen and oxygen atoms in total. The third-order valence-electron chi connectivity index (χ3n) is 2.85. The molecule has 0 aromatic carbocycles. The van der Waals surface area contributed by atoms with Crippen molar-refractivity contribution >= 4 is 17.1 Å². The van der Waals surface area contributed by atoms with Crippen LogP contribution in [0.25, 0.3) is 11.2 Å². The van der Waals surface area contributed by atoms with Crippen molar-refractivity contribution in [1.29, 1.82) is 0 Å². The monoisotopic (exact) mass is 216 g/mol. The van der Waals surface area contributed by atoms with Gasteiger partial charge in [0.15, 0.2) is 11.5 Å². The number of rotatable bonds is 1. The second-order valence-electron chi connectivity index (χ2n) is 3.96. The van der Waals surface area contributed by atoms with E-state index in [0.717, 1.165) is 31.4 Å². The van der Waals surface area contributed by atoms with E-state index >= 15 is 0 Å². The highest BCUT2D eigenvalue weighted by Crippen LogP contribution is 2.13. The van der Waals surface area contributed by atoms with Crippen LogP contribution in [0.5, 0.6) is 0 Å². The highest BCUT2D eigenvalue weighted by Gasteiger charge is 2.22. The zero-order valence-corrected chi connectivity index (χ0v) is 8.81. The minimum Gasteiger partial charge on any atom is -0.336 e. The number of fused-ring (bicyclic) bond motifs is 1. The predicted molar refractivity (Wildman–Crippen MR) is 59.0 cm³/mol. The Balaban J connectivity index is 1.96. The SMILES string of the molecule is O=C(c1nc2ncccc2[nH]1)N1CCCC1. The maximum atomic E-state index is 12.0. The molecule has 3 rings (SSSR count). The molecule has 1 aliphatic heterocycles. The third-order valence-corrected chi connectivity index (χ3v) is 2.85. The first-order valence-corrected chi connectivity index (χ1v) is 5.44. The number of hydrogen-bond acceptors (Lipinski definition) is 3. The summed E-state index contributed by atoms with van der Waals surface area (Å²) in [6.07, 6.45) is 3.85. The Labute approximate surface area is 92.5 Å². The first-order chi connectivity index (χ1) is 7.84. The van der Waals surface area contributed by atoms with Crippen LogP contribution in [0, 0.1) is 0 Å². The number of carbonyl (C=O) groups is 1. The van der Waals surface area contributed by atoms with Gasteiger partial charge < -0.3 is 9.88 Å². The molecule has 16 heavy (non-hydrogen) atoms. The summed E-state index contributed by atoms with van der Waals surface area (Å²) in [5.74, 6) is 0.381. The Morgan fingerprint density at radius 2 is 2.19 bits per heavy atom. The highest BCUT2D eigenvalue weighted by molar-refractivity contribution is 5.93. The van der Waals surface area contributed by atoms with E-state index in [2.05, 4.69) is 15.0 Å². The smallest absolute Gasteiger partial charge is 0.289 e. The Hall–Kier alpha value is -1.91. The summed E-state index contributed by atoms with van der Waals surface area (Å²) >= 11 is 0. The van der Waals surface area contributed by atoms with Crippen LogP contribution in [0.1, 0.15) is 23.5 Å². The lowest BCUT2D eigenvalue weighted by molar-refractivity contribution is 0.0782. The molecule has 1 amide bonds. The zero-order chi connectivity index (χ0) is 11.0. The molecule has 0 bridgehead atoms. The van der Waals surface area contributed by atoms with Crippen LogP contribution >= 0.6 is 0 Å². The molecule has 0 spiro atoms. The van der Waals surface area contributed by atoms with Gasteiger partial charge in [0.1, 0.15) is 0 Å². The normalized spacial score (nSPS) is 15.9. The van der Waals surface area contributed by atoms with E-state index in [-0.39, 0.29) is 5.91 Å². The first-order valence-electron chi connectivity index (χ1n) is 5.44. The molecule has 0 saturated carbocycles. The number of pyridine rings is 1. The number of likely N-dealkylation sites (tertiary alicyclic amines) is 1. The van der Waals surface area contributed by atoms with Crippen LogP contribution in [-0.2, 0) is 0 Å². The van der Waals surface area contributed by atoms with Crippen molar-refractivity contribution in [2.75, 3.05) is 13.1 Å². The number of aromatic nitrogens is 3. The zero-order valence-electron chi connectivity index (χ0n) is 8.81. The van der Waals surface area contributed by atoms with E-state index < -0.39 is 0 Å². The van der Waals surface area contributed by atoms with Gasteiger partial charge in [-0.15, -0.1) is 0 Å². The van der Waals surface area contributed by atoms with Crippen LogP contribution in [0.2, 0.25) is 0 Å². The molecule has 1 aliphatic rings. The molecular formula is C11H12N4O. The molecule has 2 aromatic heterocycles. The van der Waals surface area contributed by atoms with Crippen molar-refractivity contribution < 1.29 is 4.79 Å². The molecule has 82 valence electrons. The molecule has 0 atom stereocenters. The minimum atomic E-state index is -0.0181. The van der Waals surface area contributed by atoms with Crippen LogP contribution < -0.4 is 0 Å². The Kier molecular flexibility index (Phi) is 2.09. The summed E-state index contributed by atoms with van der Waals surface area (Å²) in [5, 5.41) is 0. The van der Waals surface area contributed by atoms with Gasteiger partial charge in [0.25, 0.3) is 5.91 Å². The van der Waals surface area contributed by atoms with E-state index in [1.54, 1.807) is 6.20 Å². The fraction of sp³-hybridized carbons (Fsp3) is 0.364. The quantitative estimate of drug-likeness (QED) is 0.779. The number of H-pyrrole nitrogens is 1. The molecule has 2 aromatic rings. The second kappa shape index (κ2) is 3.59. The van der Waals surface area contributed by atoms with Crippen molar-refractivity contribution in [3.05, 3.63) is 24.2 Å². The largest absolute Gasteiger partial charge is 0.336 e. The summed E-state index contributed by atoms with van der Waals surface area (Å²) in [5.41, 5.74) is 1.41. The summed E-state index contributed by atoms with van der Waals surface area (Å²) < 4.78 is 0. The van der Waals surface area contributed by atoms with Crippen molar-refractivity contribution in [3.8, 4) is 0 Å². The standard InChI is InChI=1S/C11H12N4O/c16-11(15-6-1-2-7-15)10-13-8-4-3-5-12-9(8)14-10/h3-5H,1-2,6-7H2,(H,12,13,14). The number of nitrogens with zero attached hydrogens (tertiary/aromatic N) is 3. The molecule has 0 unspecified atom stereocenters. The van der Waals surface area contributed by atoms with Gasteiger partial charge >= 0.3 is 0 Å². The number of carbonyl (C=O) groups excluding carboxylic acids is 1. The number of nitrogens with one attached hydrogen (secondary N) is 1. The third kappa shape index (κ3) is 1.44. The van der Waals surface area contributed by atoms with Crippen LogP contribution in [0.15, 0.2) is 18.3 Å². The fourth-order valence-corrected chi connectivity index (χ4v) is 2.02. The Bertz CT molecular complexity index is 495. The van der Waals surface area contributed by atoms with Gasteiger partial charge in [-0.1, -0.05) is 0 Å². The van der Waals surface area contributed by atoms with Crippen molar-refractivity contribution in [1.82, 2.24) is 19.9 Å². The van der Waals surface area contributed by atoms with E-state index in [1.807, 2.05) is 17.0 Å². The topological polar surface area (TPSA) is 61.9 Å².